The minimum Gasteiger partial charge on any atom is -0.481 e. The molecule has 0 saturated carbocycles. The van der Waals surface area contributed by atoms with E-state index in [0.717, 1.165) is 5.69 Å². The molecule has 0 aliphatic carbocycles. The largest absolute Gasteiger partial charge is 0.481 e. The summed E-state index contributed by atoms with van der Waals surface area (Å²) in [5.74, 6) is -0.797. The van der Waals surface area contributed by atoms with Gasteiger partial charge in [-0.3, -0.25) is 14.3 Å². The molecule has 20 heavy (non-hydrogen) atoms. The number of carbonyl (C=O) groups excluding carboxylic acids is 1. The van der Waals surface area contributed by atoms with Gasteiger partial charge in [0.15, 0.2) is 0 Å². The van der Waals surface area contributed by atoms with E-state index in [1.165, 1.54) is 0 Å². The molecule has 0 fully saturated rings. The standard InChI is InChI=1S/C14H23N3O3/c1-5-17-12(8-11(16-17)9(2)3)14(20)15-10(4)6-7-13(18)19/h8-10H,5-7H2,1-4H3,(H,15,20)(H,18,19). The number of aliphatic carboxylic acids is 1. The van der Waals surface area contributed by atoms with Crippen LogP contribution in [0.4, 0.5) is 0 Å². The van der Waals surface area contributed by atoms with Crippen molar-refractivity contribution in [3.63, 3.8) is 0 Å². The lowest BCUT2D eigenvalue weighted by Crippen LogP contribution is -2.34. The number of rotatable bonds is 7. The molecule has 1 amide bonds. The first kappa shape index (κ1) is 16.2. The molecule has 0 aliphatic rings. The Balaban J connectivity index is 2.73. The summed E-state index contributed by atoms with van der Waals surface area (Å²) in [5.41, 5.74) is 1.41. The lowest BCUT2D eigenvalue weighted by molar-refractivity contribution is -0.137. The highest BCUT2D eigenvalue weighted by Crippen LogP contribution is 2.14. The minimum absolute atomic E-state index is 0.0474. The first-order valence-corrected chi connectivity index (χ1v) is 6.95. The third-order valence-electron chi connectivity index (χ3n) is 3.09. The van der Waals surface area contributed by atoms with Gasteiger partial charge < -0.3 is 10.4 Å². The molecule has 0 saturated heterocycles. The van der Waals surface area contributed by atoms with Crippen molar-refractivity contribution >= 4 is 11.9 Å². The lowest BCUT2D eigenvalue weighted by Gasteiger charge is -2.13. The molecule has 2 N–H and O–H groups in total. The van der Waals surface area contributed by atoms with Crippen LogP contribution in [0.2, 0.25) is 0 Å². The first-order valence-electron chi connectivity index (χ1n) is 6.95. The molecule has 112 valence electrons. The van der Waals surface area contributed by atoms with Gasteiger partial charge in [-0.25, -0.2) is 0 Å². The molecule has 0 aromatic carbocycles. The van der Waals surface area contributed by atoms with E-state index in [1.807, 2.05) is 20.8 Å². The number of hydrogen-bond donors (Lipinski definition) is 2. The summed E-state index contributed by atoms with van der Waals surface area (Å²) in [6.07, 6.45) is 0.462. The van der Waals surface area contributed by atoms with E-state index in [1.54, 1.807) is 17.7 Å². The van der Waals surface area contributed by atoms with Gasteiger partial charge in [0, 0.05) is 19.0 Å². The van der Waals surface area contributed by atoms with Crippen LogP contribution >= 0.6 is 0 Å². The molecule has 6 heteroatoms. The van der Waals surface area contributed by atoms with Gasteiger partial charge in [0.05, 0.1) is 5.69 Å². The van der Waals surface area contributed by atoms with Crippen LogP contribution in [0.1, 0.15) is 62.6 Å². The quantitative estimate of drug-likeness (QED) is 0.800. The van der Waals surface area contributed by atoms with Crippen LogP contribution in [-0.2, 0) is 11.3 Å². The number of nitrogens with one attached hydrogen (secondary N) is 1. The average molecular weight is 281 g/mol. The molecule has 6 nitrogen and oxygen atoms in total. The number of carboxylic acid groups (broad SMARTS) is 1. The SMILES string of the molecule is CCn1nc(C(C)C)cc1C(=O)NC(C)CCC(=O)O. The summed E-state index contributed by atoms with van der Waals surface area (Å²) >= 11 is 0. The maximum absolute atomic E-state index is 12.2. The summed E-state index contributed by atoms with van der Waals surface area (Å²) < 4.78 is 1.68. The predicted octanol–water partition coefficient (Wildman–Crippen LogP) is 2.01. The second-order valence-electron chi connectivity index (χ2n) is 5.23. The van der Waals surface area contributed by atoms with Crippen molar-refractivity contribution in [2.45, 2.75) is 59.0 Å². The van der Waals surface area contributed by atoms with Crippen LogP contribution < -0.4 is 5.32 Å². The van der Waals surface area contributed by atoms with Gasteiger partial charge in [-0.05, 0) is 32.3 Å². The van der Waals surface area contributed by atoms with Crippen molar-refractivity contribution in [3.8, 4) is 0 Å². The van der Waals surface area contributed by atoms with Crippen molar-refractivity contribution in [2.75, 3.05) is 0 Å². The third-order valence-corrected chi connectivity index (χ3v) is 3.09. The van der Waals surface area contributed by atoms with Gasteiger partial charge in [0.25, 0.3) is 5.91 Å². The predicted molar refractivity (Wildman–Crippen MR) is 75.8 cm³/mol. The molecule has 1 unspecified atom stereocenters. The Morgan fingerprint density at radius 3 is 2.55 bits per heavy atom. The molecule has 0 bridgehead atoms. The van der Waals surface area contributed by atoms with E-state index < -0.39 is 5.97 Å². The van der Waals surface area contributed by atoms with E-state index in [4.69, 9.17) is 5.11 Å². The fourth-order valence-corrected chi connectivity index (χ4v) is 1.85. The Morgan fingerprint density at radius 1 is 1.40 bits per heavy atom. The molecule has 0 radical (unpaired) electrons. The highest BCUT2D eigenvalue weighted by molar-refractivity contribution is 5.92. The zero-order valence-corrected chi connectivity index (χ0v) is 12.5. The molecular weight excluding hydrogens is 258 g/mol. The Kier molecular flexibility index (Phi) is 5.73. The van der Waals surface area contributed by atoms with Crippen molar-refractivity contribution in [1.29, 1.82) is 0 Å². The maximum Gasteiger partial charge on any atom is 0.303 e. The van der Waals surface area contributed by atoms with Crippen molar-refractivity contribution in [3.05, 3.63) is 17.5 Å². The molecule has 0 spiro atoms. The number of carbonyl (C=O) groups is 2. The topological polar surface area (TPSA) is 84.2 Å². The fraction of sp³-hybridized carbons (Fsp3) is 0.643. The molecule has 1 aromatic heterocycles. The van der Waals surface area contributed by atoms with E-state index in [9.17, 15) is 9.59 Å². The molecule has 1 heterocycles. The maximum atomic E-state index is 12.2. The smallest absolute Gasteiger partial charge is 0.303 e. The van der Waals surface area contributed by atoms with Gasteiger partial charge in [-0.1, -0.05) is 13.8 Å². The number of hydrogen-bond acceptors (Lipinski definition) is 3. The normalized spacial score (nSPS) is 12.4. The first-order chi connectivity index (χ1) is 9.35. The van der Waals surface area contributed by atoms with Crippen LogP contribution in [0, 0.1) is 0 Å². The number of aryl methyl sites for hydroxylation is 1. The van der Waals surface area contributed by atoms with Gasteiger partial charge >= 0.3 is 5.97 Å². The van der Waals surface area contributed by atoms with Gasteiger partial charge in [0.2, 0.25) is 0 Å². The van der Waals surface area contributed by atoms with E-state index in [2.05, 4.69) is 10.4 Å². The van der Waals surface area contributed by atoms with E-state index in [0.29, 0.717) is 18.7 Å². The van der Waals surface area contributed by atoms with E-state index >= 15 is 0 Å². The van der Waals surface area contributed by atoms with Crippen molar-refractivity contribution in [2.24, 2.45) is 0 Å². The zero-order chi connectivity index (χ0) is 15.3. The van der Waals surface area contributed by atoms with Crippen LogP contribution in [-0.4, -0.2) is 32.8 Å². The van der Waals surface area contributed by atoms with Gasteiger partial charge in [-0.2, -0.15) is 5.10 Å². The fourth-order valence-electron chi connectivity index (χ4n) is 1.85. The molecule has 1 atom stereocenters. The highest BCUT2D eigenvalue weighted by Gasteiger charge is 2.18. The Bertz CT molecular complexity index is 480. The van der Waals surface area contributed by atoms with Crippen molar-refractivity contribution in [1.82, 2.24) is 15.1 Å². The molecular formula is C14H23N3O3. The number of carboxylic acids is 1. The summed E-state index contributed by atoms with van der Waals surface area (Å²) in [4.78, 5) is 22.7. The molecule has 1 rings (SSSR count). The van der Waals surface area contributed by atoms with E-state index in [-0.39, 0.29) is 24.3 Å². The minimum atomic E-state index is -0.855. The van der Waals surface area contributed by atoms with Crippen LogP contribution in [0.15, 0.2) is 6.07 Å². The number of aromatic nitrogens is 2. The second-order valence-corrected chi connectivity index (χ2v) is 5.23. The monoisotopic (exact) mass is 281 g/mol. The lowest BCUT2D eigenvalue weighted by atomic mass is 10.1. The van der Waals surface area contributed by atoms with Gasteiger partial charge in [-0.15, -0.1) is 0 Å². The van der Waals surface area contributed by atoms with Crippen LogP contribution in [0.5, 0.6) is 0 Å². The summed E-state index contributed by atoms with van der Waals surface area (Å²) in [6.45, 7) is 8.41. The summed E-state index contributed by atoms with van der Waals surface area (Å²) in [7, 11) is 0. The Labute approximate surface area is 119 Å². The molecule has 0 aliphatic heterocycles. The number of amides is 1. The summed E-state index contributed by atoms with van der Waals surface area (Å²) in [6, 6.07) is 1.62. The van der Waals surface area contributed by atoms with Crippen LogP contribution in [0.25, 0.3) is 0 Å². The Morgan fingerprint density at radius 2 is 2.05 bits per heavy atom. The van der Waals surface area contributed by atoms with Crippen molar-refractivity contribution < 1.29 is 14.7 Å². The highest BCUT2D eigenvalue weighted by atomic mass is 16.4. The average Bonchev–Trinajstić information content (AvgIpc) is 2.80. The molecule has 1 aromatic rings. The Hall–Kier alpha value is -1.85. The van der Waals surface area contributed by atoms with Gasteiger partial charge in [0.1, 0.15) is 5.69 Å². The summed E-state index contributed by atoms with van der Waals surface area (Å²) in [5, 5.41) is 15.8. The zero-order valence-electron chi connectivity index (χ0n) is 12.5. The second kappa shape index (κ2) is 7.07. The third kappa shape index (κ3) is 4.36. The number of nitrogens with zero attached hydrogens (tertiary/aromatic N) is 2. The van der Waals surface area contributed by atoms with Crippen LogP contribution in [0.3, 0.4) is 0 Å².